The van der Waals surface area contributed by atoms with E-state index in [4.69, 9.17) is 4.74 Å². The Bertz CT molecular complexity index is 494. The molecule has 1 fully saturated rings. The Morgan fingerprint density at radius 2 is 2.15 bits per heavy atom. The van der Waals surface area contributed by atoms with Gasteiger partial charge in [0.1, 0.15) is 12.1 Å². The number of nitrogens with zero attached hydrogens (tertiary/aromatic N) is 2. The van der Waals surface area contributed by atoms with Gasteiger partial charge in [-0.1, -0.05) is 6.92 Å². The Morgan fingerprint density at radius 1 is 1.50 bits per heavy atom. The monoisotopic (exact) mass is 286 g/mol. The summed E-state index contributed by atoms with van der Waals surface area (Å²) in [7, 11) is 0. The van der Waals surface area contributed by atoms with Crippen LogP contribution in [0.2, 0.25) is 0 Å². The zero-order valence-electron chi connectivity index (χ0n) is 12.1. The van der Waals surface area contributed by atoms with Crippen molar-refractivity contribution in [3.8, 4) is 0 Å². The van der Waals surface area contributed by atoms with Gasteiger partial charge in [0.2, 0.25) is 0 Å². The average molecular weight is 286 g/mol. The third-order valence-corrected chi connectivity index (χ3v) is 3.42. The van der Waals surface area contributed by atoms with E-state index in [0.717, 1.165) is 5.56 Å². The first-order chi connectivity index (χ1) is 9.19. The molecule has 1 unspecified atom stereocenters. The van der Waals surface area contributed by atoms with Crippen molar-refractivity contribution in [3.63, 3.8) is 0 Å². The molecule has 2 rings (SSSR count). The van der Waals surface area contributed by atoms with E-state index in [-0.39, 0.29) is 23.7 Å². The number of halogens is 2. The molecule has 1 aromatic heterocycles. The summed E-state index contributed by atoms with van der Waals surface area (Å²) in [6.45, 7) is 7.02. The van der Waals surface area contributed by atoms with Crippen molar-refractivity contribution >= 4 is 5.97 Å². The van der Waals surface area contributed by atoms with Crippen LogP contribution in [0.15, 0.2) is 12.4 Å². The molecule has 112 valence electrons. The van der Waals surface area contributed by atoms with Gasteiger partial charge in [-0.2, -0.15) is 5.10 Å². The molecule has 0 aliphatic heterocycles. The van der Waals surface area contributed by atoms with Crippen LogP contribution >= 0.6 is 0 Å². The van der Waals surface area contributed by atoms with Gasteiger partial charge in [0.05, 0.1) is 12.1 Å². The molecule has 6 heteroatoms. The topological polar surface area (TPSA) is 44.1 Å². The minimum absolute atomic E-state index is 0.0243. The standard InChI is InChI=1S/C14H20F2N2O2/c1-8-11(12(8)13(19)20-14(2,3)4)9-5-17-18(6-9)7-10(15)16/h5-6,8,10-12H,7H2,1-4H3/t8?,11-,12+/m1/s1. The molecule has 0 aromatic carbocycles. The zero-order chi connectivity index (χ0) is 15.1. The Labute approximate surface area is 117 Å². The molecule has 0 spiro atoms. The van der Waals surface area contributed by atoms with E-state index in [9.17, 15) is 13.6 Å². The number of carbonyl (C=O) groups excluding carboxylic acids is 1. The molecule has 1 aromatic rings. The first-order valence-corrected chi connectivity index (χ1v) is 6.72. The second-order valence-electron chi connectivity index (χ2n) is 6.33. The van der Waals surface area contributed by atoms with E-state index in [1.54, 1.807) is 12.4 Å². The molecule has 0 saturated heterocycles. The third-order valence-electron chi connectivity index (χ3n) is 3.42. The molecule has 1 heterocycles. The lowest BCUT2D eigenvalue weighted by Crippen LogP contribution is -2.25. The molecule has 0 bridgehead atoms. The van der Waals surface area contributed by atoms with Crippen LogP contribution in [0.3, 0.4) is 0 Å². The number of esters is 1. The first-order valence-electron chi connectivity index (χ1n) is 6.72. The van der Waals surface area contributed by atoms with Gasteiger partial charge < -0.3 is 4.74 Å². The van der Waals surface area contributed by atoms with Crippen molar-refractivity contribution in [2.75, 3.05) is 0 Å². The molecular weight excluding hydrogens is 266 g/mol. The average Bonchev–Trinajstić information content (AvgIpc) is 2.72. The zero-order valence-corrected chi connectivity index (χ0v) is 12.1. The highest BCUT2D eigenvalue weighted by atomic mass is 19.3. The molecular formula is C14H20F2N2O2. The van der Waals surface area contributed by atoms with E-state index in [1.807, 2.05) is 27.7 Å². The molecule has 1 saturated carbocycles. The molecule has 1 aliphatic rings. The summed E-state index contributed by atoms with van der Waals surface area (Å²) in [6.07, 6.45) is 0.729. The fourth-order valence-electron chi connectivity index (χ4n) is 2.50. The summed E-state index contributed by atoms with van der Waals surface area (Å²) in [5.74, 6) is -0.236. The SMILES string of the molecule is CC1[C@H](C(=O)OC(C)(C)C)[C@H]1c1cnn(CC(F)F)c1. The lowest BCUT2D eigenvalue weighted by atomic mass is 10.1. The van der Waals surface area contributed by atoms with Crippen LogP contribution in [0, 0.1) is 11.8 Å². The predicted octanol–water partition coefficient (Wildman–Crippen LogP) is 2.84. The molecule has 20 heavy (non-hydrogen) atoms. The Balaban J connectivity index is 2.01. The summed E-state index contributed by atoms with van der Waals surface area (Å²) in [5, 5.41) is 3.90. The summed E-state index contributed by atoms with van der Waals surface area (Å²) in [6, 6.07) is 0. The Kier molecular flexibility index (Phi) is 3.84. The second-order valence-corrected chi connectivity index (χ2v) is 6.33. The number of hydrogen-bond donors (Lipinski definition) is 0. The highest BCUT2D eigenvalue weighted by molar-refractivity contribution is 5.78. The van der Waals surface area contributed by atoms with Crippen molar-refractivity contribution in [3.05, 3.63) is 18.0 Å². The van der Waals surface area contributed by atoms with Crippen LogP contribution in [-0.2, 0) is 16.1 Å². The van der Waals surface area contributed by atoms with Gasteiger partial charge in [0, 0.05) is 12.1 Å². The predicted molar refractivity (Wildman–Crippen MR) is 69.5 cm³/mol. The largest absolute Gasteiger partial charge is 0.460 e. The van der Waals surface area contributed by atoms with Crippen LogP contribution in [0.4, 0.5) is 8.78 Å². The van der Waals surface area contributed by atoms with Gasteiger partial charge in [-0.15, -0.1) is 0 Å². The maximum Gasteiger partial charge on any atom is 0.310 e. The van der Waals surface area contributed by atoms with E-state index in [1.165, 1.54) is 4.68 Å². The quantitative estimate of drug-likeness (QED) is 0.799. The van der Waals surface area contributed by atoms with Crippen LogP contribution in [0.5, 0.6) is 0 Å². The van der Waals surface area contributed by atoms with E-state index in [0.29, 0.717) is 0 Å². The lowest BCUT2D eigenvalue weighted by molar-refractivity contribution is -0.156. The highest BCUT2D eigenvalue weighted by Crippen LogP contribution is 2.54. The van der Waals surface area contributed by atoms with Crippen molar-refractivity contribution in [1.29, 1.82) is 0 Å². The number of ether oxygens (including phenoxy) is 1. The second kappa shape index (κ2) is 5.14. The van der Waals surface area contributed by atoms with E-state index >= 15 is 0 Å². The minimum Gasteiger partial charge on any atom is -0.460 e. The number of hydrogen-bond acceptors (Lipinski definition) is 3. The van der Waals surface area contributed by atoms with E-state index < -0.39 is 18.6 Å². The summed E-state index contributed by atoms with van der Waals surface area (Å²) in [4.78, 5) is 12.0. The summed E-state index contributed by atoms with van der Waals surface area (Å²) >= 11 is 0. The normalized spacial score (nSPS) is 25.9. The van der Waals surface area contributed by atoms with Crippen LogP contribution in [0.25, 0.3) is 0 Å². The van der Waals surface area contributed by atoms with Crippen molar-refractivity contribution in [2.24, 2.45) is 11.8 Å². The molecule has 0 radical (unpaired) electrons. The minimum atomic E-state index is -2.43. The van der Waals surface area contributed by atoms with Gasteiger partial charge in [0.15, 0.2) is 0 Å². The molecule has 0 amide bonds. The number of aromatic nitrogens is 2. The fourth-order valence-corrected chi connectivity index (χ4v) is 2.50. The molecule has 1 aliphatic carbocycles. The van der Waals surface area contributed by atoms with Gasteiger partial charge in [0.25, 0.3) is 6.43 Å². The van der Waals surface area contributed by atoms with Gasteiger partial charge >= 0.3 is 5.97 Å². The van der Waals surface area contributed by atoms with E-state index in [2.05, 4.69) is 5.10 Å². The maximum absolute atomic E-state index is 12.3. The van der Waals surface area contributed by atoms with Crippen LogP contribution in [-0.4, -0.2) is 27.8 Å². The molecule has 0 N–H and O–H groups in total. The summed E-state index contributed by atoms with van der Waals surface area (Å²) in [5.41, 5.74) is 0.318. The van der Waals surface area contributed by atoms with Crippen molar-refractivity contribution in [2.45, 2.75) is 52.2 Å². The van der Waals surface area contributed by atoms with Gasteiger partial charge in [-0.25, -0.2) is 8.78 Å². The fraction of sp³-hybridized carbons (Fsp3) is 0.714. The highest BCUT2D eigenvalue weighted by Gasteiger charge is 2.54. The number of carbonyl (C=O) groups is 1. The first kappa shape index (κ1) is 14.9. The molecule has 3 atom stereocenters. The van der Waals surface area contributed by atoms with Crippen molar-refractivity contribution in [1.82, 2.24) is 9.78 Å². The van der Waals surface area contributed by atoms with Crippen molar-refractivity contribution < 1.29 is 18.3 Å². The smallest absolute Gasteiger partial charge is 0.310 e. The summed E-state index contributed by atoms with van der Waals surface area (Å²) < 4.78 is 31.1. The molecule has 4 nitrogen and oxygen atoms in total. The lowest BCUT2D eigenvalue weighted by Gasteiger charge is -2.19. The Hall–Kier alpha value is -1.46. The Morgan fingerprint density at radius 3 is 2.70 bits per heavy atom. The number of alkyl halides is 2. The third kappa shape index (κ3) is 3.35. The van der Waals surface area contributed by atoms with Gasteiger partial charge in [-0.05, 0) is 32.3 Å². The number of rotatable bonds is 4. The van der Waals surface area contributed by atoms with Crippen LogP contribution in [0.1, 0.15) is 39.2 Å². The van der Waals surface area contributed by atoms with Gasteiger partial charge in [-0.3, -0.25) is 9.48 Å². The maximum atomic E-state index is 12.3. The van der Waals surface area contributed by atoms with Crippen LogP contribution < -0.4 is 0 Å².